The Kier molecular flexibility index (Phi) is 8.37. The molecule has 1 saturated heterocycles. The first kappa shape index (κ1) is 23.7. The van der Waals surface area contributed by atoms with Crippen molar-refractivity contribution in [3.05, 3.63) is 30.1 Å². The fraction of sp³-hybridized carbons (Fsp3) is 0.654. The van der Waals surface area contributed by atoms with Gasteiger partial charge in [0.2, 0.25) is 11.8 Å². The summed E-state index contributed by atoms with van der Waals surface area (Å²) >= 11 is 0. The van der Waals surface area contributed by atoms with Gasteiger partial charge in [0.1, 0.15) is 18.5 Å². The van der Waals surface area contributed by atoms with E-state index >= 15 is 0 Å². The summed E-state index contributed by atoms with van der Waals surface area (Å²) in [7, 11) is 1.96. The molecule has 0 spiro atoms. The van der Waals surface area contributed by atoms with Crippen molar-refractivity contribution in [3.63, 3.8) is 0 Å². The summed E-state index contributed by atoms with van der Waals surface area (Å²) in [6.07, 6.45) is 11.2. The Balaban J connectivity index is 1.30. The molecule has 1 aliphatic heterocycles. The van der Waals surface area contributed by atoms with E-state index < -0.39 is 0 Å². The molecule has 1 N–H and O–H groups in total. The van der Waals surface area contributed by atoms with Gasteiger partial charge in [0.05, 0.1) is 11.0 Å². The Bertz CT molecular complexity index is 929. The molecule has 4 rings (SSSR count). The van der Waals surface area contributed by atoms with Gasteiger partial charge in [0, 0.05) is 32.7 Å². The van der Waals surface area contributed by atoms with Crippen LogP contribution in [-0.2, 0) is 27.3 Å². The molecule has 33 heavy (non-hydrogen) atoms. The van der Waals surface area contributed by atoms with Crippen LogP contribution in [0.4, 0.5) is 0 Å². The summed E-state index contributed by atoms with van der Waals surface area (Å²) in [5.41, 5.74) is 1.98. The van der Waals surface area contributed by atoms with E-state index in [1.165, 1.54) is 19.3 Å². The molecule has 2 aliphatic rings. The van der Waals surface area contributed by atoms with Gasteiger partial charge in [0.15, 0.2) is 0 Å². The van der Waals surface area contributed by atoms with E-state index in [-0.39, 0.29) is 17.9 Å². The zero-order valence-corrected chi connectivity index (χ0v) is 19.9. The van der Waals surface area contributed by atoms with Crippen LogP contribution in [0.3, 0.4) is 0 Å². The average Bonchev–Trinajstić information content (AvgIpc) is 3.50. The molecule has 1 atom stereocenters. The molecular weight excluding hydrogens is 416 g/mol. The van der Waals surface area contributed by atoms with Crippen LogP contribution in [0.25, 0.3) is 11.0 Å². The molecule has 0 bridgehead atoms. The van der Waals surface area contributed by atoms with Crippen molar-refractivity contribution in [2.45, 2.75) is 89.3 Å². The van der Waals surface area contributed by atoms with Gasteiger partial charge in [-0.1, -0.05) is 37.8 Å². The third-order valence-electron chi connectivity index (χ3n) is 7.14. The predicted molar refractivity (Wildman–Crippen MR) is 129 cm³/mol. The third-order valence-corrected chi connectivity index (χ3v) is 7.14. The van der Waals surface area contributed by atoms with Crippen molar-refractivity contribution in [1.82, 2.24) is 19.8 Å². The summed E-state index contributed by atoms with van der Waals surface area (Å²) in [4.78, 5) is 32.0. The van der Waals surface area contributed by atoms with Crippen molar-refractivity contribution < 1.29 is 14.3 Å². The molecule has 0 radical (unpaired) electrons. The predicted octanol–water partition coefficient (Wildman–Crippen LogP) is 3.84. The van der Waals surface area contributed by atoms with Crippen molar-refractivity contribution >= 4 is 22.8 Å². The summed E-state index contributed by atoms with van der Waals surface area (Å²) in [5.74, 6) is 1.17. The fourth-order valence-electron chi connectivity index (χ4n) is 5.11. The standard InChI is InChI=1S/C26H38N4O3/c1-29(20-11-4-2-5-12-20)25(31)19-30-22-14-8-7-13-21(22)28-24(30)16-6-3-9-17-27-26(32)23-15-10-18-33-23/h7-8,13-14,20,23H,2-6,9-12,15-19H2,1H3,(H,27,32). The number of rotatable bonds is 10. The van der Waals surface area contributed by atoms with E-state index in [0.717, 1.165) is 68.2 Å². The van der Waals surface area contributed by atoms with E-state index in [2.05, 4.69) is 16.0 Å². The molecule has 1 aromatic heterocycles. The Morgan fingerprint density at radius 3 is 2.70 bits per heavy atom. The molecule has 1 unspecified atom stereocenters. The molecule has 1 aliphatic carbocycles. The zero-order chi connectivity index (χ0) is 23.0. The number of carbonyl (C=O) groups is 2. The molecule has 2 aromatic rings. The van der Waals surface area contributed by atoms with E-state index in [9.17, 15) is 9.59 Å². The van der Waals surface area contributed by atoms with Crippen LogP contribution in [0.2, 0.25) is 0 Å². The normalized spacial score (nSPS) is 19.1. The minimum Gasteiger partial charge on any atom is -0.368 e. The Labute approximate surface area is 196 Å². The molecule has 1 saturated carbocycles. The number of nitrogens with zero attached hydrogens (tertiary/aromatic N) is 3. The van der Waals surface area contributed by atoms with Gasteiger partial charge in [-0.05, 0) is 50.7 Å². The maximum Gasteiger partial charge on any atom is 0.249 e. The first-order valence-electron chi connectivity index (χ1n) is 12.7. The maximum absolute atomic E-state index is 13.1. The first-order chi connectivity index (χ1) is 16.1. The highest BCUT2D eigenvalue weighted by Gasteiger charge is 2.24. The van der Waals surface area contributed by atoms with E-state index in [0.29, 0.717) is 25.7 Å². The lowest BCUT2D eigenvalue weighted by Crippen LogP contribution is -2.40. The Hall–Kier alpha value is -2.41. The minimum atomic E-state index is -0.255. The van der Waals surface area contributed by atoms with Gasteiger partial charge in [0.25, 0.3) is 0 Å². The molecule has 7 nitrogen and oxygen atoms in total. The second-order valence-electron chi connectivity index (χ2n) is 9.50. The van der Waals surface area contributed by atoms with Crippen LogP contribution in [-0.4, -0.2) is 58.6 Å². The monoisotopic (exact) mass is 454 g/mol. The topological polar surface area (TPSA) is 76.5 Å². The number of imidazole rings is 1. The smallest absolute Gasteiger partial charge is 0.249 e. The number of benzene rings is 1. The largest absolute Gasteiger partial charge is 0.368 e. The van der Waals surface area contributed by atoms with E-state index in [1.54, 1.807) is 0 Å². The highest BCUT2D eigenvalue weighted by Crippen LogP contribution is 2.23. The van der Waals surface area contributed by atoms with E-state index in [4.69, 9.17) is 9.72 Å². The number of nitrogens with one attached hydrogen (secondary N) is 1. The highest BCUT2D eigenvalue weighted by atomic mass is 16.5. The number of unbranched alkanes of at least 4 members (excludes halogenated alkanes) is 2. The van der Waals surface area contributed by atoms with Gasteiger partial charge < -0.3 is 19.5 Å². The SMILES string of the molecule is CN(C(=O)Cn1c(CCCCCNC(=O)C2CCCO2)nc2ccccc21)C1CCCCC1. The number of amides is 2. The fourth-order valence-corrected chi connectivity index (χ4v) is 5.11. The zero-order valence-electron chi connectivity index (χ0n) is 19.9. The Morgan fingerprint density at radius 1 is 1.09 bits per heavy atom. The lowest BCUT2D eigenvalue weighted by molar-refractivity contribution is -0.133. The number of carbonyl (C=O) groups excluding carboxylic acids is 2. The summed E-state index contributed by atoms with van der Waals surface area (Å²) in [5, 5.41) is 2.99. The molecule has 2 fully saturated rings. The first-order valence-corrected chi connectivity index (χ1v) is 12.7. The van der Waals surface area contributed by atoms with Crippen LogP contribution in [0.15, 0.2) is 24.3 Å². The molecular formula is C26H38N4O3. The number of aryl methyl sites for hydroxylation is 1. The van der Waals surface area contributed by atoms with Crippen molar-refractivity contribution in [2.24, 2.45) is 0 Å². The van der Waals surface area contributed by atoms with Crippen molar-refractivity contribution in [3.8, 4) is 0 Å². The lowest BCUT2D eigenvalue weighted by atomic mass is 9.94. The highest BCUT2D eigenvalue weighted by molar-refractivity contribution is 5.81. The van der Waals surface area contributed by atoms with Gasteiger partial charge in [-0.25, -0.2) is 4.98 Å². The lowest BCUT2D eigenvalue weighted by Gasteiger charge is -2.31. The second kappa shape index (κ2) is 11.6. The number of para-hydroxylation sites is 2. The summed E-state index contributed by atoms with van der Waals surface area (Å²) in [6, 6.07) is 8.45. The second-order valence-corrected chi connectivity index (χ2v) is 9.50. The molecule has 180 valence electrons. The van der Waals surface area contributed by atoms with Gasteiger partial charge >= 0.3 is 0 Å². The Morgan fingerprint density at radius 2 is 1.91 bits per heavy atom. The van der Waals surface area contributed by atoms with Gasteiger partial charge in [-0.15, -0.1) is 0 Å². The van der Waals surface area contributed by atoms with Gasteiger partial charge in [-0.2, -0.15) is 0 Å². The maximum atomic E-state index is 13.1. The van der Waals surface area contributed by atoms with Crippen LogP contribution in [0.5, 0.6) is 0 Å². The van der Waals surface area contributed by atoms with Crippen LogP contribution in [0.1, 0.15) is 70.0 Å². The van der Waals surface area contributed by atoms with Crippen LogP contribution in [0, 0.1) is 0 Å². The number of hydrogen-bond donors (Lipinski definition) is 1. The third kappa shape index (κ3) is 6.14. The summed E-state index contributed by atoms with van der Waals surface area (Å²) < 4.78 is 7.53. The number of hydrogen-bond acceptors (Lipinski definition) is 4. The molecule has 1 aromatic carbocycles. The molecule has 2 heterocycles. The van der Waals surface area contributed by atoms with E-state index in [1.807, 2.05) is 30.1 Å². The average molecular weight is 455 g/mol. The minimum absolute atomic E-state index is 0.0230. The number of likely N-dealkylation sites (N-methyl/N-ethyl adjacent to an activating group) is 1. The summed E-state index contributed by atoms with van der Waals surface area (Å²) in [6.45, 7) is 1.72. The van der Waals surface area contributed by atoms with Crippen LogP contribution >= 0.6 is 0 Å². The number of ether oxygens (including phenoxy) is 1. The molecule has 2 amide bonds. The quantitative estimate of drug-likeness (QED) is 0.554. The van der Waals surface area contributed by atoms with Crippen molar-refractivity contribution in [2.75, 3.05) is 20.2 Å². The number of fused-ring (bicyclic) bond motifs is 1. The molecule has 7 heteroatoms. The van der Waals surface area contributed by atoms with Crippen LogP contribution < -0.4 is 5.32 Å². The number of aromatic nitrogens is 2. The van der Waals surface area contributed by atoms with Gasteiger partial charge in [-0.3, -0.25) is 9.59 Å². The van der Waals surface area contributed by atoms with Crippen molar-refractivity contribution in [1.29, 1.82) is 0 Å².